The summed E-state index contributed by atoms with van der Waals surface area (Å²) in [4.78, 5) is 15.2. The lowest BCUT2D eigenvalue weighted by Gasteiger charge is -2.11. The summed E-state index contributed by atoms with van der Waals surface area (Å²) in [6, 6.07) is 60.7. The smallest absolute Gasteiger partial charge is 0.160 e. The minimum absolute atomic E-state index is 0.706. The van der Waals surface area contributed by atoms with Gasteiger partial charge in [0.2, 0.25) is 0 Å². The molecule has 4 heteroatoms. The van der Waals surface area contributed by atoms with Crippen molar-refractivity contribution >= 4 is 43.6 Å². The van der Waals surface area contributed by atoms with E-state index in [1.54, 1.807) is 0 Å². The normalized spacial score (nSPS) is 11.5. The van der Waals surface area contributed by atoms with Crippen molar-refractivity contribution in [1.82, 2.24) is 15.0 Å². The van der Waals surface area contributed by atoms with Crippen LogP contribution in [0.3, 0.4) is 0 Å². The molecule has 0 bridgehead atoms. The third-order valence-electron chi connectivity index (χ3n) is 9.69. The zero-order chi connectivity index (χ0) is 33.7. The van der Waals surface area contributed by atoms with Gasteiger partial charge in [-0.1, -0.05) is 140 Å². The lowest BCUT2D eigenvalue weighted by molar-refractivity contribution is 0.669. The molecular formula is C47H29N3O. The summed E-state index contributed by atoms with van der Waals surface area (Å²) < 4.78 is 6.48. The number of benzene rings is 7. The molecule has 0 aliphatic rings. The average Bonchev–Trinajstić information content (AvgIpc) is 3.60. The zero-order valence-electron chi connectivity index (χ0n) is 27.5. The molecule has 0 fully saturated rings. The van der Waals surface area contributed by atoms with Crippen molar-refractivity contribution in [3.05, 3.63) is 176 Å². The van der Waals surface area contributed by atoms with Gasteiger partial charge in [0.15, 0.2) is 5.82 Å². The van der Waals surface area contributed by atoms with Crippen LogP contribution < -0.4 is 0 Å². The molecule has 0 N–H and O–H groups in total. The van der Waals surface area contributed by atoms with Crippen LogP contribution in [0, 0.1) is 0 Å². The third-order valence-corrected chi connectivity index (χ3v) is 9.69. The molecule has 0 unspecified atom stereocenters. The van der Waals surface area contributed by atoms with E-state index in [1.807, 2.05) is 42.5 Å². The molecule has 10 aromatic rings. The number of nitrogens with zero attached hydrogens (tertiary/aromatic N) is 3. The van der Waals surface area contributed by atoms with Gasteiger partial charge in [0.1, 0.15) is 11.2 Å². The minimum atomic E-state index is 0.706. The maximum atomic E-state index is 6.48. The molecule has 0 aliphatic heterocycles. The Bertz CT molecular complexity index is 2820. The fraction of sp³-hybridized carbons (Fsp3) is 0. The van der Waals surface area contributed by atoms with Gasteiger partial charge in [-0.25, -0.2) is 15.0 Å². The maximum Gasteiger partial charge on any atom is 0.160 e. The quantitative estimate of drug-likeness (QED) is 0.174. The fourth-order valence-corrected chi connectivity index (χ4v) is 7.20. The Hall–Kier alpha value is -6.91. The van der Waals surface area contributed by atoms with E-state index in [2.05, 4.69) is 133 Å². The summed E-state index contributed by atoms with van der Waals surface area (Å²) in [6.45, 7) is 0. The lowest BCUT2D eigenvalue weighted by atomic mass is 9.95. The topological polar surface area (TPSA) is 51.8 Å². The predicted octanol–water partition coefficient (Wildman–Crippen LogP) is 12.4. The van der Waals surface area contributed by atoms with Gasteiger partial charge in [-0.15, -0.1) is 0 Å². The van der Waals surface area contributed by atoms with Crippen LogP contribution in [-0.4, -0.2) is 15.0 Å². The first-order valence-corrected chi connectivity index (χ1v) is 17.1. The number of fused-ring (bicyclic) bond motifs is 7. The number of furan rings is 1. The molecule has 51 heavy (non-hydrogen) atoms. The van der Waals surface area contributed by atoms with Crippen LogP contribution in [0.1, 0.15) is 0 Å². The van der Waals surface area contributed by atoms with E-state index in [0.29, 0.717) is 5.82 Å². The average molecular weight is 652 g/mol. The van der Waals surface area contributed by atoms with Crippen molar-refractivity contribution in [2.24, 2.45) is 0 Å². The molecule has 3 aromatic heterocycles. The second kappa shape index (κ2) is 11.9. The molecule has 0 amide bonds. The molecule has 238 valence electrons. The Labute approximate surface area is 294 Å². The van der Waals surface area contributed by atoms with E-state index in [1.165, 1.54) is 5.39 Å². The molecule has 0 saturated heterocycles. The molecule has 0 aliphatic carbocycles. The lowest BCUT2D eigenvalue weighted by Crippen LogP contribution is -1.95. The second-order valence-electron chi connectivity index (χ2n) is 12.8. The van der Waals surface area contributed by atoms with Gasteiger partial charge in [-0.3, -0.25) is 0 Å². The summed E-state index contributed by atoms with van der Waals surface area (Å²) >= 11 is 0. The van der Waals surface area contributed by atoms with Gasteiger partial charge in [-0.05, 0) is 52.9 Å². The van der Waals surface area contributed by atoms with Crippen molar-refractivity contribution in [1.29, 1.82) is 0 Å². The van der Waals surface area contributed by atoms with Gasteiger partial charge in [0, 0.05) is 43.8 Å². The Morgan fingerprint density at radius 1 is 0.333 bits per heavy atom. The maximum absolute atomic E-state index is 6.48. The first-order chi connectivity index (χ1) is 25.3. The number of hydrogen-bond donors (Lipinski definition) is 0. The molecule has 10 rings (SSSR count). The molecule has 7 aromatic carbocycles. The van der Waals surface area contributed by atoms with Gasteiger partial charge in [-0.2, -0.15) is 0 Å². The van der Waals surface area contributed by atoms with Crippen LogP contribution in [0.4, 0.5) is 0 Å². The van der Waals surface area contributed by atoms with E-state index in [9.17, 15) is 0 Å². The number of rotatable bonds is 5. The van der Waals surface area contributed by atoms with E-state index in [4.69, 9.17) is 19.4 Å². The first-order valence-electron chi connectivity index (χ1n) is 17.1. The number of pyridine rings is 1. The molecule has 0 spiro atoms. The minimum Gasteiger partial charge on any atom is -0.456 e. The van der Waals surface area contributed by atoms with Crippen molar-refractivity contribution in [2.75, 3.05) is 0 Å². The summed E-state index contributed by atoms with van der Waals surface area (Å²) in [6.07, 6.45) is 0. The molecule has 0 atom stereocenters. The highest BCUT2D eigenvalue weighted by atomic mass is 16.3. The fourth-order valence-electron chi connectivity index (χ4n) is 7.20. The first kappa shape index (κ1) is 29.0. The summed E-state index contributed by atoms with van der Waals surface area (Å²) in [7, 11) is 0. The Morgan fingerprint density at radius 2 is 0.902 bits per heavy atom. The van der Waals surface area contributed by atoms with E-state index in [0.717, 1.165) is 88.7 Å². The highest BCUT2D eigenvalue weighted by Gasteiger charge is 2.18. The van der Waals surface area contributed by atoms with Crippen molar-refractivity contribution in [3.8, 4) is 56.3 Å². The monoisotopic (exact) mass is 651 g/mol. The van der Waals surface area contributed by atoms with Crippen molar-refractivity contribution in [3.63, 3.8) is 0 Å². The van der Waals surface area contributed by atoms with Gasteiger partial charge >= 0.3 is 0 Å². The summed E-state index contributed by atoms with van der Waals surface area (Å²) in [5, 5.41) is 5.56. The highest BCUT2D eigenvalue weighted by molar-refractivity contribution is 6.27. The number of hydrogen-bond acceptors (Lipinski definition) is 4. The molecular weight excluding hydrogens is 623 g/mol. The Kier molecular flexibility index (Phi) is 6.78. The van der Waals surface area contributed by atoms with Crippen LogP contribution in [-0.2, 0) is 0 Å². The van der Waals surface area contributed by atoms with E-state index in [-0.39, 0.29) is 0 Å². The Balaban J connectivity index is 1.12. The van der Waals surface area contributed by atoms with Crippen LogP contribution in [0.5, 0.6) is 0 Å². The molecule has 0 saturated carbocycles. The van der Waals surface area contributed by atoms with Gasteiger partial charge in [0.25, 0.3) is 0 Å². The standard InChI is InChI=1S/C47H29N3O/c1-4-12-31(13-5-1)40-29-41(50-47(49-40)34-16-8-3-9-17-34)32-22-20-30(21-23-32)35-24-26-42-38(28-35)44-43(51-42)27-25-37-36-18-10-11-19-39(36)48-46(45(37)44)33-14-6-2-7-15-33/h1-29H. The predicted molar refractivity (Wildman–Crippen MR) is 209 cm³/mol. The van der Waals surface area contributed by atoms with Crippen LogP contribution in [0.2, 0.25) is 0 Å². The second-order valence-corrected chi connectivity index (χ2v) is 12.8. The van der Waals surface area contributed by atoms with Crippen LogP contribution in [0.25, 0.3) is 99.9 Å². The van der Waals surface area contributed by atoms with E-state index >= 15 is 0 Å². The largest absolute Gasteiger partial charge is 0.456 e. The SMILES string of the molecule is c1ccc(-c2cc(-c3ccc(-c4ccc5oc6ccc7c8ccccc8nc(-c8ccccc8)c7c6c5c4)cc3)nc(-c3ccccc3)n2)cc1. The van der Waals surface area contributed by atoms with Crippen LogP contribution >= 0.6 is 0 Å². The molecule has 4 nitrogen and oxygen atoms in total. The Morgan fingerprint density at radius 3 is 1.63 bits per heavy atom. The summed E-state index contributed by atoms with van der Waals surface area (Å²) in [5.74, 6) is 0.706. The van der Waals surface area contributed by atoms with Crippen LogP contribution in [0.15, 0.2) is 180 Å². The van der Waals surface area contributed by atoms with Crippen molar-refractivity contribution in [2.45, 2.75) is 0 Å². The highest BCUT2D eigenvalue weighted by Crippen LogP contribution is 2.42. The molecule has 0 radical (unpaired) electrons. The zero-order valence-corrected chi connectivity index (χ0v) is 27.5. The number of para-hydroxylation sites is 1. The molecule has 3 heterocycles. The van der Waals surface area contributed by atoms with Crippen molar-refractivity contribution < 1.29 is 4.42 Å². The summed E-state index contributed by atoms with van der Waals surface area (Å²) in [5.41, 5.74) is 11.8. The van der Waals surface area contributed by atoms with Gasteiger partial charge < -0.3 is 4.42 Å². The third kappa shape index (κ3) is 5.04. The number of aromatic nitrogens is 3. The van der Waals surface area contributed by atoms with Gasteiger partial charge in [0.05, 0.1) is 22.6 Å². The van der Waals surface area contributed by atoms with E-state index < -0.39 is 0 Å².